The van der Waals surface area contributed by atoms with Gasteiger partial charge in [-0.3, -0.25) is 4.79 Å². The summed E-state index contributed by atoms with van der Waals surface area (Å²) in [7, 11) is 0. The van der Waals surface area contributed by atoms with Gasteiger partial charge in [0, 0.05) is 19.4 Å². The Hall–Kier alpha value is -0.970. The lowest BCUT2D eigenvalue weighted by atomic mass is 10.1. The maximum Gasteiger partial charge on any atom is 0.219 e. The van der Waals surface area contributed by atoms with Crippen LogP contribution in [-0.4, -0.2) is 12.5 Å². The van der Waals surface area contributed by atoms with Gasteiger partial charge in [0.25, 0.3) is 0 Å². The lowest BCUT2D eigenvalue weighted by molar-refractivity contribution is -0.121. The fourth-order valence-corrected chi connectivity index (χ4v) is 2.26. The van der Waals surface area contributed by atoms with E-state index in [-0.39, 0.29) is 5.91 Å². The third kappa shape index (κ3) is 15.1. The molecule has 2 nitrogen and oxygen atoms in total. The molecule has 0 rings (SSSR count). The van der Waals surface area contributed by atoms with Crippen LogP contribution in [0.25, 0.3) is 0 Å². The maximum atomic E-state index is 11.5. The van der Waals surface area contributed by atoms with Crippen molar-refractivity contribution in [3.05, 3.63) is 0 Å². The number of nitrogens with one attached hydrogen (secondary N) is 1. The lowest BCUT2D eigenvalue weighted by Crippen LogP contribution is -2.23. The molecule has 0 saturated carbocycles. The van der Waals surface area contributed by atoms with Crippen LogP contribution in [0.1, 0.15) is 90.4 Å². The van der Waals surface area contributed by atoms with Crippen molar-refractivity contribution in [2.24, 2.45) is 0 Å². The van der Waals surface area contributed by atoms with Gasteiger partial charge in [0.15, 0.2) is 0 Å². The van der Waals surface area contributed by atoms with E-state index < -0.39 is 0 Å². The normalized spacial score (nSPS) is 10.2. The fourth-order valence-electron chi connectivity index (χ4n) is 2.26. The van der Waals surface area contributed by atoms with Gasteiger partial charge in [0.1, 0.15) is 0 Å². The average molecular weight is 279 g/mol. The summed E-state index contributed by atoms with van der Waals surface area (Å²) in [6, 6.07) is 0. The van der Waals surface area contributed by atoms with E-state index in [4.69, 9.17) is 6.42 Å². The molecular formula is C18H33NO. The monoisotopic (exact) mass is 279 g/mol. The largest absolute Gasteiger partial charge is 0.356 e. The minimum Gasteiger partial charge on any atom is -0.356 e. The van der Waals surface area contributed by atoms with E-state index in [0.717, 1.165) is 32.2 Å². The quantitative estimate of drug-likeness (QED) is 0.358. The SMILES string of the molecule is C#CCCCCNC(=O)CCCCCCCCCCC. The second kappa shape index (κ2) is 16.1. The zero-order chi connectivity index (χ0) is 14.9. The summed E-state index contributed by atoms with van der Waals surface area (Å²) in [5.41, 5.74) is 0. The molecule has 1 amide bonds. The third-order valence-electron chi connectivity index (χ3n) is 3.58. The van der Waals surface area contributed by atoms with E-state index in [1.165, 1.54) is 51.4 Å². The van der Waals surface area contributed by atoms with E-state index in [2.05, 4.69) is 18.2 Å². The summed E-state index contributed by atoms with van der Waals surface area (Å²) < 4.78 is 0. The summed E-state index contributed by atoms with van der Waals surface area (Å²) in [6.45, 7) is 3.03. The van der Waals surface area contributed by atoms with Crippen molar-refractivity contribution in [2.45, 2.75) is 90.4 Å². The van der Waals surface area contributed by atoms with Crippen LogP contribution in [0.4, 0.5) is 0 Å². The average Bonchev–Trinajstić information content (AvgIpc) is 2.45. The van der Waals surface area contributed by atoms with Crippen LogP contribution in [0.2, 0.25) is 0 Å². The number of carbonyl (C=O) groups excluding carboxylic acids is 1. The highest BCUT2D eigenvalue weighted by molar-refractivity contribution is 5.75. The summed E-state index contributed by atoms with van der Waals surface area (Å²) in [6.07, 6.45) is 20.3. The summed E-state index contributed by atoms with van der Waals surface area (Å²) in [4.78, 5) is 11.5. The molecule has 0 aliphatic rings. The standard InChI is InChI=1S/C18H33NO/c1-3-5-7-9-10-11-12-13-14-16-18(20)19-17-15-8-6-4-2/h2H,3,5-17H2,1H3,(H,19,20). The van der Waals surface area contributed by atoms with Crippen LogP contribution in [-0.2, 0) is 4.79 Å². The topological polar surface area (TPSA) is 29.1 Å². The molecule has 116 valence electrons. The van der Waals surface area contributed by atoms with Crippen molar-refractivity contribution in [3.8, 4) is 12.3 Å². The second-order valence-corrected chi connectivity index (χ2v) is 5.59. The Morgan fingerprint density at radius 3 is 2.10 bits per heavy atom. The Morgan fingerprint density at radius 1 is 0.900 bits per heavy atom. The zero-order valence-electron chi connectivity index (χ0n) is 13.4. The number of rotatable bonds is 14. The first-order valence-electron chi connectivity index (χ1n) is 8.51. The smallest absolute Gasteiger partial charge is 0.219 e. The molecule has 0 aromatic heterocycles. The molecule has 0 aliphatic heterocycles. The van der Waals surface area contributed by atoms with Crippen LogP contribution in [0.15, 0.2) is 0 Å². The number of hydrogen-bond acceptors (Lipinski definition) is 1. The van der Waals surface area contributed by atoms with Gasteiger partial charge in [0.2, 0.25) is 5.91 Å². The second-order valence-electron chi connectivity index (χ2n) is 5.59. The van der Waals surface area contributed by atoms with Crippen LogP contribution in [0.5, 0.6) is 0 Å². The Bertz CT molecular complexity index is 255. The molecule has 0 unspecified atom stereocenters. The first-order valence-corrected chi connectivity index (χ1v) is 8.51. The van der Waals surface area contributed by atoms with Crippen LogP contribution in [0, 0.1) is 12.3 Å². The van der Waals surface area contributed by atoms with Crippen molar-refractivity contribution in [3.63, 3.8) is 0 Å². The summed E-state index contributed by atoms with van der Waals surface area (Å²) in [5, 5.41) is 2.96. The molecule has 0 bridgehead atoms. The molecule has 0 aromatic carbocycles. The predicted octanol–water partition coefficient (Wildman–Crippen LogP) is 4.83. The van der Waals surface area contributed by atoms with Gasteiger partial charge in [0.05, 0.1) is 0 Å². The van der Waals surface area contributed by atoms with Crippen molar-refractivity contribution in [1.82, 2.24) is 5.32 Å². The number of terminal acetylenes is 1. The molecule has 20 heavy (non-hydrogen) atoms. The van der Waals surface area contributed by atoms with E-state index in [1.807, 2.05) is 0 Å². The van der Waals surface area contributed by atoms with Gasteiger partial charge in [-0.25, -0.2) is 0 Å². The fraction of sp³-hybridized carbons (Fsp3) is 0.833. The Labute approximate surface area is 126 Å². The first-order chi connectivity index (χ1) is 9.81. The minimum atomic E-state index is 0.202. The van der Waals surface area contributed by atoms with Crippen LogP contribution >= 0.6 is 0 Å². The summed E-state index contributed by atoms with van der Waals surface area (Å²) in [5.74, 6) is 2.82. The van der Waals surface area contributed by atoms with Crippen molar-refractivity contribution in [1.29, 1.82) is 0 Å². The van der Waals surface area contributed by atoms with Gasteiger partial charge in [-0.2, -0.15) is 0 Å². The van der Waals surface area contributed by atoms with Gasteiger partial charge < -0.3 is 5.32 Å². The van der Waals surface area contributed by atoms with Crippen LogP contribution in [0.3, 0.4) is 0 Å². The van der Waals surface area contributed by atoms with Crippen LogP contribution < -0.4 is 5.32 Å². The van der Waals surface area contributed by atoms with Gasteiger partial charge >= 0.3 is 0 Å². The minimum absolute atomic E-state index is 0.202. The molecule has 1 N–H and O–H groups in total. The molecule has 0 saturated heterocycles. The van der Waals surface area contributed by atoms with E-state index in [0.29, 0.717) is 6.42 Å². The molecule has 0 atom stereocenters. The number of carbonyl (C=O) groups is 1. The van der Waals surface area contributed by atoms with Gasteiger partial charge in [-0.1, -0.05) is 58.3 Å². The zero-order valence-corrected chi connectivity index (χ0v) is 13.4. The highest BCUT2D eigenvalue weighted by atomic mass is 16.1. The van der Waals surface area contributed by atoms with E-state index in [9.17, 15) is 4.79 Å². The Balaban J connectivity index is 3.13. The highest BCUT2D eigenvalue weighted by Crippen LogP contribution is 2.10. The molecule has 0 aliphatic carbocycles. The third-order valence-corrected chi connectivity index (χ3v) is 3.58. The molecule has 0 fully saturated rings. The Kier molecular flexibility index (Phi) is 15.3. The Morgan fingerprint density at radius 2 is 1.50 bits per heavy atom. The van der Waals surface area contributed by atoms with Crippen molar-refractivity contribution < 1.29 is 4.79 Å². The lowest BCUT2D eigenvalue weighted by Gasteiger charge is -2.04. The molecule has 2 heteroatoms. The van der Waals surface area contributed by atoms with Crippen molar-refractivity contribution in [2.75, 3.05) is 6.54 Å². The van der Waals surface area contributed by atoms with Gasteiger partial charge in [-0.05, 0) is 19.3 Å². The molecule has 0 radical (unpaired) electrons. The summed E-state index contributed by atoms with van der Waals surface area (Å²) >= 11 is 0. The number of hydrogen-bond donors (Lipinski definition) is 1. The van der Waals surface area contributed by atoms with E-state index in [1.54, 1.807) is 0 Å². The molecule has 0 aromatic rings. The highest BCUT2D eigenvalue weighted by Gasteiger charge is 2.00. The number of amides is 1. The molecule has 0 spiro atoms. The van der Waals surface area contributed by atoms with Gasteiger partial charge in [-0.15, -0.1) is 12.3 Å². The first kappa shape index (κ1) is 19.0. The number of unbranched alkanes of at least 4 members (excludes halogenated alkanes) is 10. The van der Waals surface area contributed by atoms with Crippen molar-refractivity contribution >= 4 is 5.91 Å². The van der Waals surface area contributed by atoms with E-state index >= 15 is 0 Å². The predicted molar refractivity (Wildman–Crippen MR) is 87.5 cm³/mol. The molecule has 0 heterocycles. The molecular weight excluding hydrogens is 246 g/mol. The maximum absolute atomic E-state index is 11.5.